The zero-order valence-corrected chi connectivity index (χ0v) is 12.8. The molecule has 2 aliphatic rings. The molecule has 0 spiro atoms. The Morgan fingerprint density at radius 3 is 2.30 bits per heavy atom. The molecule has 122 valence electrons. The lowest BCUT2D eigenvalue weighted by molar-refractivity contribution is -0.121. The van der Waals surface area contributed by atoms with Crippen molar-refractivity contribution in [1.29, 1.82) is 0 Å². The van der Waals surface area contributed by atoms with Crippen molar-refractivity contribution in [3.05, 3.63) is 35.4 Å². The molecule has 0 atom stereocenters. The largest absolute Gasteiger partial charge is 0.379 e. The van der Waals surface area contributed by atoms with Crippen LogP contribution < -0.4 is 5.32 Å². The van der Waals surface area contributed by atoms with E-state index in [4.69, 9.17) is 4.74 Å². The van der Waals surface area contributed by atoms with Gasteiger partial charge in [-0.1, -0.05) is 12.1 Å². The van der Waals surface area contributed by atoms with E-state index in [1.807, 2.05) is 0 Å². The van der Waals surface area contributed by atoms with Crippen molar-refractivity contribution in [3.63, 3.8) is 0 Å². The number of nitrogens with one attached hydrogen (secondary N) is 1. The van der Waals surface area contributed by atoms with Crippen LogP contribution in [0.5, 0.6) is 0 Å². The van der Waals surface area contributed by atoms with Crippen LogP contribution in [0.2, 0.25) is 0 Å². The second kappa shape index (κ2) is 6.89. The van der Waals surface area contributed by atoms with Crippen molar-refractivity contribution < 1.29 is 19.1 Å². The standard InChI is InChI=1S/C16H19N3O4/c20-14(17-5-6-18-7-9-23-10-8-18)11-19-15(21)12-3-1-2-4-13(12)16(19)22/h1-4H,5-11H2,(H,17,20). The third-order valence-electron chi connectivity index (χ3n) is 4.03. The van der Waals surface area contributed by atoms with Crippen molar-refractivity contribution in [3.8, 4) is 0 Å². The highest BCUT2D eigenvalue weighted by atomic mass is 16.5. The molecule has 0 saturated carbocycles. The molecule has 1 saturated heterocycles. The van der Waals surface area contributed by atoms with Crippen molar-refractivity contribution in [2.45, 2.75) is 0 Å². The van der Waals surface area contributed by atoms with Gasteiger partial charge in [0.1, 0.15) is 6.54 Å². The highest BCUT2D eigenvalue weighted by Crippen LogP contribution is 2.21. The molecular weight excluding hydrogens is 298 g/mol. The molecule has 2 aliphatic heterocycles. The SMILES string of the molecule is O=C(CN1C(=O)c2ccccc2C1=O)NCCN1CCOCC1. The normalized spacial score (nSPS) is 18.2. The van der Waals surface area contributed by atoms with Gasteiger partial charge in [0, 0.05) is 26.2 Å². The van der Waals surface area contributed by atoms with Crippen LogP contribution in [0.1, 0.15) is 20.7 Å². The minimum Gasteiger partial charge on any atom is -0.379 e. The fourth-order valence-electron chi connectivity index (χ4n) is 2.76. The van der Waals surface area contributed by atoms with Crippen molar-refractivity contribution in [2.24, 2.45) is 0 Å². The molecule has 7 heteroatoms. The number of morpholine rings is 1. The summed E-state index contributed by atoms with van der Waals surface area (Å²) in [5.74, 6) is -1.14. The summed E-state index contributed by atoms with van der Waals surface area (Å²) in [7, 11) is 0. The molecule has 0 aliphatic carbocycles. The van der Waals surface area contributed by atoms with E-state index < -0.39 is 11.8 Å². The number of fused-ring (bicyclic) bond motifs is 1. The quantitative estimate of drug-likeness (QED) is 0.757. The lowest BCUT2D eigenvalue weighted by Crippen LogP contribution is -2.44. The number of ether oxygens (including phenoxy) is 1. The van der Waals surface area contributed by atoms with Gasteiger partial charge in [0.2, 0.25) is 5.91 Å². The van der Waals surface area contributed by atoms with E-state index >= 15 is 0 Å². The highest BCUT2D eigenvalue weighted by molar-refractivity contribution is 6.22. The van der Waals surface area contributed by atoms with E-state index in [1.165, 1.54) is 0 Å². The summed E-state index contributed by atoms with van der Waals surface area (Å²) in [4.78, 5) is 39.5. The van der Waals surface area contributed by atoms with E-state index in [9.17, 15) is 14.4 Å². The smallest absolute Gasteiger partial charge is 0.262 e. The Bertz CT molecular complexity index is 591. The van der Waals surface area contributed by atoms with Crippen LogP contribution in [0.4, 0.5) is 0 Å². The third kappa shape index (κ3) is 3.40. The van der Waals surface area contributed by atoms with Gasteiger partial charge < -0.3 is 10.1 Å². The first-order chi connectivity index (χ1) is 11.2. The second-order valence-corrected chi connectivity index (χ2v) is 5.55. The van der Waals surface area contributed by atoms with Crippen LogP contribution in [0.15, 0.2) is 24.3 Å². The molecule has 1 N–H and O–H groups in total. The number of rotatable bonds is 5. The number of amides is 3. The average Bonchev–Trinajstić information content (AvgIpc) is 2.81. The van der Waals surface area contributed by atoms with Gasteiger partial charge in [0.15, 0.2) is 0 Å². The summed E-state index contributed by atoms with van der Waals surface area (Å²) in [6, 6.07) is 6.61. The first kappa shape index (κ1) is 15.6. The molecule has 1 aromatic rings. The van der Waals surface area contributed by atoms with Crippen LogP contribution in [-0.2, 0) is 9.53 Å². The molecular formula is C16H19N3O4. The highest BCUT2D eigenvalue weighted by Gasteiger charge is 2.36. The summed E-state index contributed by atoms with van der Waals surface area (Å²) in [6.45, 7) is 4.11. The van der Waals surface area contributed by atoms with Gasteiger partial charge in [-0.2, -0.15) is 0 Å². The van der Waals surface area contributed by atoms with Crippen LogP contribution in [0, 0.1) is 0 Å². The number of benzene rings is 1. The van der Waals surface area contributed by atoms with Crippen LogP contribution in [0.3, 0.4) is 0 Å². The van der Waals surface area contributed by atoms with E-state index in [2.05, 4.69) is 10.2 Å². The predicted molar refractivity (Wildman–Crippen MR) is 82.1 cm³/mol. The van der Waals surface area contributed by atoms with Gasteiger partial charge in [-0.05, 0) is 12.1 Å². The van der Waals surface area contributed by atoms with E-state index in [0.29, 0.717) is 30.9 Å². The molecule has 7 nitrogen and oxygen atoms in total. The monoisotopic (exact) mass is 317 g/mol. The van der Waals surface area contributed by atoms with Gasteiger partial charge in [0.25, 0.3) is 11.8 Å². The molecule has 3 amide bonds. The summed E-state index contributed by atoms with van der Waals surface area (Å²) in [5.41, 5.74) is 0.720. The Morgan fingerprint density at radius 2 is 1.70 bits per heavy atom. The number of carbonyl (C=O) groups excluding carboxylic acids is 3. The Morgan fingerprint density at radius 1 is 1.09 bits per heavy atom. The summed E-state index contributed by atoms with van der Waals surface area (Å²) < 4.78 is 5.26. The predicted octanol–water partition coefficient (Wildman–Crippen LogP) is -0.269. The van der Waals surface area contributed by atoms with Crippen molar-refractivity contribution in [1.82, 2.24) is 15.1 Å². The zero-order chi connectivity index (χ0) is 16.2. The van der Waals surface area contributed by atoms with E-state index in [1.54, 1.807) is 24.3 Å². The Kier molecular flexibility index (Phi) is 4.68. The summed E-state index contributed by atoms with van der Waals surface area (Å²) in [6.07, 6.45) is 0. The van der Waals surface area contributed by atoms with Crippen molar-refractivity contribution in [2.75, 3.05) is 45.9 Å². The number of hydrogen-bond donors (Lipinski definition) is 1. The maximum atomic E-state index is 12.2. The molecule has 0 unspecified atom stereocenters. The molecule has 3 rings (SSSR count). The first-order valence-electron chi connectivity index (χ1n) is 7.69. The van der Waals surface area contributed by atoms with Gasteiger partial charge in [-0.25, -0.2) is 0 Å². The molecule has 0 radical (unpaired) electrons. The number of hydrogen-bond acceptors (Lipinski definition) is 5. The molecule has 23 heavy (non-hydrogen) atoms. The van der Waals surface area contributed by atoms with Gasteiger partial charge in [-0.15, -0.1) is 0 Å². The second-order valence-electron chi connectivity index (χ2n) is 5.55. The van der Waals surface area contributed by atoms with Gasteiger partial charge in [0.05, 0.1) is 24.3 Å². The number of nitrogens with zero attached hydrogens (tertiary/aromatic N) is 2. The molecule has 2 heterocycles. The fourth-order valence-corrected chi connectivity index (χ4v) is 2.76. The molecule has 0 bridgehead atoms. The minimum absolute atomic E-state index is 0.241. The first-order valence-corrected chi connectivity index (χ1v) is 7.69. The van der Waals surface area contributed by atoms with Gasteiger partial charge >= 0.3 is 0 Å². The number of carbonyl (C=O) groups is 3. The van der Waals surface area contributed by atoms with Crippen LogP contribution in [0.25, 0.3) is 0 Å². The van der Waals surface area contributed by atoms with Crippen molar-refractivity contribution >= 4 is 17.7 Å². The summed E-state index contributed by atoms with van der Waals surface area (Å²) in [5, 5.41) is 2.76. The third-order valence-corrected chi connectivity index (χ3v) is 4.03. The molecule has 1 fully saturated rings. The maximum Gasteiger partial charge on any atom is 0.262 e. The average molecular weight is 317 g/mol. The van der Waals surface area contributed by atoms with Gasteiger partial charge in [-0.3, -0.25) is 24.2 Å². The van der Waals surface area contributed by atoms with Crippen LogP contribution >= 0.6 is 0 Å². The zero-order valence-electron chi connectivity index (χ0n) is 12.8. The molecule has 1 aromatic carbocycles. The molecule has 0 aromatic heterocycles. The Balaban J connectivity index is 1.49. The van der Waals surface area contributed by atoms with E-state index in [0.717, 1.165) is 24.5 Å². The number of imide groups is 1. The lowest BCUT2D eigenvalue weighted by atomic mass is 10.1. The lowest BCUT2D eigenvalue weighted by Gasteiger charge is -2.26. The topological polar surface area (TPSA) is 79.0 Å². The minimum atomic E-state index is -0.408. The Hall–Kier alpha value is -2.25. The van der Waals surface area contributed by atoms with Crippen LogP contribution in [-0.4, -0.2) is 73.5 Å². The maximum absolute atomic E-state index is 12.2. The Labute approximate surface area is 134 Å². The fraction of sp³-hybridized carbons (Fsp3) is 0.438. The summed E-state index contributed by atoms with van der Waals surface area (Å²) >= 11 is 0. The van der Waals surface area contributed by atoms with E-state index in [-0.39, 0.29) is 12.5 Å².